The van der Waals surface area contributed by atoms with Gasteiger partial charge in [0.05, 0.1) is 24.1 Å². The van der Waals surface area contributed by atoms with Gasteiger partial charge in [-0.3, -0.25) is 13.9 Å². The number of nitrogens with one attached hydrogen (secondary N) is 1. The van der Waals surface area contributed by atoms with Gasteiger partial charge in [0.2, 0.25) is 21.8 Å². The molecular weight excluding hydrogens is 502 g/mol. The van der Waals surface area contributed by atoms with E-state index in [1.807, 2.05) is 52.0 Å². The van der Waals surface area contributed by atoms with E-state index in [1.165, 1.54) is 24.1 Å². The van der Waals surface area contributed by atoms with Gasteiger partial charge in [0.15, 0.2) is 0 Å². The van der Waals surface area contributed by atoms with E-state index >= 15 is 0 Å². The lowest BCUT2D eigenvalue weighted by Crippen LogP contribution is -2.52. The molecule has 0 aromatic heterocycles. The van der Waals surface area contributed by atoms with E-state index in [4.69, 9.17) is 16.3 Å². The quantitative estimate of drug-likeness (QED) is 0.441. The zero-order valence-corrected chi connectivity index (χ0v) is 23.3. The van der Waals surface area contributed by atoms with Crippen molar-refractivity contribution in [2.24, 2.45) is 5.92 Å². The predicted molar refractivity (Wildman–Crippen MR) is 144 cm³/mol. The van der Waals surface area contributed by atoms with Crippen molar-refractivity contribution in [3.8, 4) is 5.75 Å². The lowest BCUT2D eigenvalue weighted by Gasteiger charge is -2.33. The normalized spacial score (nSPS) is 12.2. The molecule has 1 N–H and O–H groups in total. The van der Waals surface area contributed by atoms with Crippen LogP contribution in [-0.2, 0) is 26.2 Å². The molecular formula is C26H36ClN3O5S. The van der Waals surface area contributed by atoms with E-state index in [2.05, 4.69) is 5.32 Å². The molecule has 2 aromatic carbocycles. The number of methoxy groups -OCH3 is 1. The molecule has 2 aromatic rings. The first-order valence-electron chi connectivity index (χ1n) is 11.8. The zero-order valence-electron chi connectivity index (χ0n) is 21.7. The van der Waals surface area contributed by atoms with Crippen molar-refractivity contribution < 1.29 is 22.7 Å². The van der Waals surface area contributed by atoms with Gasteiger partial charge in [-0.05, 0) is 43.0 Å². The van der Waals surface area contributed by atoms with Gasteiger partial charge in [0.1, 0.15) is 18.3 Å². The maximum absolute atomic E-state index is 13.7. The molecule has 36 heavy (non-hydrogen) atoms. The highest BCUT2D eigenvalue weighted by atomic mass is 35.5. The Morgan fingerprint density at radius 2 is 1.83 bits per heavy atom. The molecule has 0 spiro atoms. The van der Waals surface area contributed by atoms with Crippen LogP contribution in [0.4, 0.5) is 5.69 Å². The summed E-state index contributed by atoms with van der Waals surface area (Å²) in [5, 5.41) is 3.12. The maximum Gasteiger partial charge on any atom is 0.244 e. The number of ether oxygens (including phenoxy) is 1. The number of halogens is 1. The molecule has 198 valence electrons. The second-order valence-electron chi connectivity index (χ2n) is 9.16. The van der Waals surface area contributed by atoms with Crippen LogP contribution >= 0.6 is 11.6 Å². The molecule has 2 rings (SSSR count). The molecule has 1 unspecified atom stereocenters. The number of hydrogen-bond acceptors (Lipinski definition) is 5. The van der Waals surface area contributed by atoms with E-state index in [0.29, 0.717) is 18.7 Å². The average Bonchev–Trinajstić information content (AvgIpc) is 2.80. The summed E-state index contributed by atoms with van der Waals surface area (Å²) in [6.45, 7) is 7.90. The van der Waals surface area contributed by atoms with Crippen LogP contribution in [0.1, 0.15) is 38.3 Å². The first-order chi connectivity index (χ1) is 16.9. The SMILES string of the molecule is CCC(C(=O)NCC(C)C)N(Cc1cccc(C)c1)C(=O)CN(c1ccc(OC)c(Cl)c1)S(C)(=O)=O. The Kier molecular flexibility index (Phi) is 10.6. The molecule has 1 atom stereocenters. The molecule has 10 heteroatoms. The number of hydrogen-bond donors (Lipinski definition) is 1. The first-order valence-corrected chi connectivity index (χ1v) is 14.0. The van der Waals surface area contributed by atoms with E-state index in [0.717, 1.165) is 21.7 Å². The fourth-order valence-corrected chi connectivity index (χ4v) is 4.87. The van der Waals surface area contributed by atoms with Crippen molar-refractivity contribution in [3.63, 3.8) is 0 Å². The Balaban J connectivity index is 2.45. The second kappa shape index (κ2) is 13.0. The van der Waals surface area contributed by atoms with Gasteiger partial charge in [0.25, 0.3) is 0 Å². The van der Waals surface area contributed by atoms with Gasteiger partial charge in [-0.2, -0.15) is 0 Å². The number of anilines is 1. The molecule has 0 bridgehead atoms. The number of sulfonamides is 1. The summed E-state index contributed by atoms with van der Waals surface area (Å²) < 4.78 is 31.6. The molecule has 0 aliphatic rings. The molecule has 0 fully saturated rings. The van der Waals surface area contributed by atoms with E-state index in [-0.39, 0.29) is 29.1 Å². The van der Waals surface area contributed by atoms with Crippen molar-refractivity contribution >= 4 is 39.1 Å². The number of benzene rings is 2. The number of rotatable bonds is 12. The fourth-order valence-electron chi connectivity index (χ4n) is 3.77. The molecule has 0 heterocycles. The third-order valence-corrected chi connectivity index (χ3v) is 7.04. The smallest absolute Gasteiger partial charge is 0.244 e. The third kappa shape index (κ3) is 8.13. The van der Waals surface area contributed by atoms with Crippen molar-refractivity contribution in [2.45, 2.75) is 46.7 Å². The second-order valence-corrected chi connectivity index (χ2v) is 11.5. The van der Waals surface area contributed by atoms with Crippen LogP contribution < -0.4 is 14.4 Å². The average molecular weight is 538 g/mol. The van der Waals surface area contributed by atoms with E-state index in [9.17, 15) is 18.0 Å². The molecule has 0 saturated heterocycles. The molecule has 0 radical (unpaired) electrons. The Hall–Kier alpha value is -2.78. The van der Waals surface area contributed by atoms with Crippen LogP contribution in [0.25, 0.3) is 0 Å². The van der Waals surface area contributed by atoms with Gasteiger partial charge in [-0.25, -0.2) is 8.42 Å². The van der Waals surface area contributed by atoms with Crippen LogP contribution in [-0.4, -0.2) is 57.6 Å². The summed E-state index contributed by atoms with van der Waals surface area (Å²) in [6, 6.07) is 11.4. The van der Waals surface area contributed by atoms with Crippen LogP contribution in [0.15, 0.2) is 42.5 Å². The highest BCUT2D eigenvalue weighted by Crippen LogP contribution is 2.30. The molecule has 0 aliphatic carbocycles. The third-order valence-electron chi connectivity index (χ3n) is 5.61. The van der Waals surface area contributed by atoms with Gasteiger partial charge in [0, 0.05) is 13.1 Å². The van der Waals surface area contributed by atoms with Crippen molar-refractivity contribution in [2.75, 3.05) is 30.8 Å². The number of carbonyl (C=O) groups excluding carboxylic acids is 2. The summed E-state index contributed by atoms with van der Waals surface area (Å²) in [5.41, 5.74) is 2.09. The highest BCUT2D eigenvalue weighted by Gasteiger charge is 2.32. The minimum absolute atomic E-state index is 0.162. The Bertz CT molecular complexity index is 1170. The monoisotopic (exact) mass is 537 g/mol. The summed E-state index contributed by atoms with van der Waals surface area (Å²) in [5.74, 6) is -0.145. The first kappa shape index (κ1) is 29.5. The van der Waals surface area contributed by atoms with Gasteiger partial charge < -0.3 is 15.0 Å². The molecule has 8 nitrogen and oxygen atoms in total. The van der Waals surface area contributed by atoms with Crippen LogP contribution in [0, 0.1) is 12.8 Å². The number of carbonyl (C=O) groups is 2. The fraction of sp³-hybridized carbons (Fsp3) is 0.462. The van der Waals surface area contributed by atoms with Crippen LogP contribution in [0.2, 0.25) is 5.02 Å². The number of nitrogens with zero attached hydrogens (tertiary/aromatic N) is 2. The van der Waals surface area contributed by atoms with E-state index < -0.39 is 28.5 Å². The Morgan fingerprint density at radius 1 is 1.14 bits per heavy atom. The van der Waals surface area contributed by atoms with E-state index in [1.54, 1.807) is 6.07 Å². The minimum Gasteiger partial charge on any atom is -0.495 e. The molecule has 2 amide bonds. The minimum atomic E-state index is -3.85. The maximum atomic E-state index is 13.7. The number of aryl methyl sites for hydroxylation is 1. The highest BCUT2D eigenvalue weighted by molar-refractivity contribution is 7.92. The van der Waals surface area contributed by atoms with Crippen LogP contribution in [0.3, 0.4) is 0 Å². The molecule has 0 aliphatic heterocycles. The topological polar surface area (TPSA) is 96.0 Å². The summed E-state index contributed by atoms with van der Waals surface area (Å²) >= 11 is 6.22. The summed E-state index contributed by atoms with van der Waals surface area (Å²) in [6.07, 6.45) is 1.39. The molecule has 0 saturated carbocycles. The van der Waals surface area contributed by atoms with Crippen molar-refractivity contribution in [1.29, 1.82) is 0 Å². The Labute approximate surface area is 219 Å². The summed E-state index contributed by atoms with van der Waals surface area (Å²) in [4.78, 5) is 28.2. The van der Waals surface area contributed by atoms with Gasteiger partial charge in [-0.15, -0.1) is 0 Å². The zero-order chi connectivity index (χ0) is 27.0. The lowest BCUT2D eigenvalue weighted by atomic mass is 10.1. The lowest BCUT2D eigenvalue weighted by molar-refractivity contribution is -0.140. The van der Waals surface area contributed by atoms with Gasteiger partial charge >= 0.3 is 0 Å². The summed E-state index contributed by atoms with van der Waals surface area (Å²) in [7, 11) is -2.40. The largest absolute Gasteiger partial charge is 0.495 e. The van der Waals surface area contributed by atoms with Crippen LogP contribution in [0.5, 0.6) is 5.75 Å². The Morgan fingerprint density at radius 3 is 2.36 bits per heavy atom. The predicted octanol–water partition coefficient (Wildman–Crippen LogP) is 4.00. The van der Waals surface area contributed by atoms with Gasteiger partial charge in [-0.1, -0.05) is 62.2 Å². The van der Waals surface area contributed by atoms with Crippen molar-refractivity contribution in [1.82, 2.24) is 10.2 Å². The number of amides is 2. The standard InChI is InChI=1S/C26H36ClN3O5S/c1-7-23(26(32)28-15-18(2)3)29(16-20-10-8-9-19(4)13-20)25(31)17-30(36(6,33)34)21-11-12-24(35-5)22(27)14-21/h8-14,18,23H,7,15-17H2,1-6H3,(H,28,32). The van der Waals surface area contributed by atoms with Crippen molar-refractivity contribution in [3.05, 3.63) is 58.6 Å².